The highest BCUT2D eigenvalue weighted by atomic mass is 32.2. The summed E-state index contributed by atoms with van der Waals surface area (Å²) in [5, 5.41) is 21.6. The minimum Gasteiger partial charge on any atom is -0.477 e. The van der Waals surface area contributed by atoms with Crippen LogP contribution >= 0.6 is 0 Å². The summed E-state index contributed by atoms with van der Waals surface area (Å²) in [4.78, 5) is 48.4. The van der Waals surface area contributed by atoms with Crippen LogP contribution in [-0.2, 0) is 35.4 Å². The van der Waals surface area contributed by atoms with Crippen molar-refractivity contribution in [1.82, 2.24) is 10.2 Å². The van der Waals surface area contributed by atoms with Crippen LogP contribution in [0.2, 0.25) is 0 Å². The number of carbonyl (C=O) groups is 3. The minimum atomic E-state index is -4.07. The molecule has 0 aliphatic carbocycles. The lowest BCUT2D eigenvalue weighted by Gasteiger charge is -2.49. The Kier molecular flexibility index (Phi) is 5.60. The number of benzene rings is 2. The second kappa shape index (κ2) is 8.53. The van der Waals surface area contributed by atoms with Crippen molar-refractivity contribution in [3.8, 4) is 0 Å². The third-order valence-corrected chi connectivity index (χ3v) is 8.24. The van der Waals surface area contributed by atoms with Crippen molar-refractivity contribution in [1.29, 1.82) is 0 Å². The van der Waals surface area contributed by atoms with Crippen molar-refractivity contribution in [2.75, 3.05) is 5.75 Å². The number of fused-ring (bicyclic) bond motifs is 1. The summed E-state index contributed by atoms with van der Waals surface area (Å²) in [6.45, 7) is 0. The van der Waals surface area contributed by atoms with E-state index in [1.54, 1.807) is 30.3 Å². The van der Waals surface area contributed by atoms with Crippen molar-refractivity contribution in [2.45, 2.75) is 30.0 Å². The number of nitro benzene ring substituents is 1. The van der Waals surface area contributed by atoms with Crippen molar-refractivity contribution in [3.05, 3.63) is 87.1 Å². The SMILES string of the molecule is O=C(Cc1ccccc1)NC1C(=O)N2C(C(=O)O)=C(C3OC3c3ccc([N+](=O)[O-])cc3)CS(=O)(=O)C12. The van der Waals surface area contributed by atoms with Gasteiger partial charge in [0.05, 0.1) is 17.1 Å². The van der Waals surface area contributed by atoms with E-state index in [1.807, 2.05) is 0 Å². The van der Waals surface area contributed by atoms with E-state index < -0.39 is 67.6 Å². The van der Waals surface area contributed by atoms with E-state index >= 15 is 0 Å². The molecule has 4 unspecified atom stereocenters. The van der Waals surface area contributed by atoms with Gasteiger partial charge in [-0.25, -0.2) is 13.2 Å². The number of nitro groups is 1. The highest BCUT2D eigenvalue weighted by Gasteiger charge is 2.63. The van der Waals surface area contributed by atoms with Crippen LogP contribution in [-0.4, -0.2) is 64.4 Å². The molecule has 3 heterocycles. The smallest absolute Gasteiger partial charge is 0.352 e. The molecule has 0 aromatic heterocycles. The number of sulfone groups is 1. The van der Waals surface area contributed by atoms with E-state index in [2.05, 4.69) is 5.32 Å². The molecule has 3 aliphatic heterocycles. The zero-order chi connectivity index (χ0) is 25.8. The van der Waals surface area contributed by atoms with Crippen LogP contribution < -0.4 is 5.32 Å². The highest BCUT2D eigenvalue weighted by Crippen LogP contribution is 2.48. The van der Waals surface area contributed by atoms with Gasteiger partial charge < -0.3 is 15.2 Å². The van der Waals surface area contributed by atoms with Gasteiger partial charge in [0.25, 0.3) is 11.6 Å². The Morgan fingerprint density at radius 2 is 1.78 bits per heavy atom. The molecular formula is C23H19N3O9S. The number of carboxylic acids is 1. The van der Waals surface area contributed by atoms with Gasteiger partial charge in [-0.3, -0.25) is 24.6 Å². The lowest BCUT2D eigenvalue weighted by Crippen LogP contribution is -2.75. The number of β-lactam (4-membered cyclic amide) rings is 1. The van der Waals surface area contributed by atoms with Crippen molar-refractivity contribution in [2.24, 2.45) is 0 Å². The zero-order valence-corrected chi connectivity index (χ0v) is 19.3. The molecule has 36 heavy (non-hydrogen) atoms. The van der Waals surface area contributed by atoms with Crippen LogP contribution in [0.3, 0.4) is 0 Å². The number of hydrogen-bond donors (Lipinski definition) is 2. The third kappa shape index (κ3) is 4.01. The second-order valence-corrected chi connectivity index (χ2v) is 10.7. The van der Waals surface area contributed by atoms with Gasteiger partial charge in [-0.15, -0.1) is 0 Å². The lowest BCUT2D eigenvalue weighted by atomic mass is 9.98. The molecule has 0 spiro atoms. The lowest BCUT2D eigenvalue weighted by molar-refractivity contribution is -0.384. The predicted octanol–water partition coefficient (Wildman–Crippen LogP) is 0.698. The number of nitrogens with zero attached hydrogens (tertiary/aromatic N) is 2. The standard InChI is InChI=1S/C23H19N3O9S/c27-16(10-12-4-2-1-3-5-12)24-17-21(28)25-18(23(29)30)15(11-36(33,34)22(17)25)20-19(35-20)13-6-8-14(9-7-13)26(31)32/h1-9,17,19-20,22H,10-11H2,(H,24,27)(H,29,30). The van der Waals surface area contributed by atoms with Gasteiger partial charge in [0, 0.05) is 17.7 Å². The van der Waals surface area contributed by atoms with Gasteiger partial charge in [0.1, 0.15) is 23.9 Å². The fourth-order valence-electron chi connectivity index (χ4n) is 4.61. The van der Waals surface area contributed by atoms with Gasteiger partial charge in [0.2, 0.25) is 5.91 Å². The van der Waals surface area contributed by atoms with Gasteiger partial charge in [0.15, 0.2) is 15.2 Å². The van der Waals surface area contributed by atoms with Crippen LogP contribution in [0.5, 0.6) is 0 Å². The molecular weight excluding hydrogens is 494 g/mol. The van der Waals surface area contributed by atoms with Crippen LogP contribution in [0.4, 0.5) is 5.69 Å². The average Bonchev–Trinajstić information content (AvgIpc) is 3.63. The summed E-state index contributed by atoms with van der Waals surface area (Å²) in [6, 6.07) is 12.7. The molecule has 2 N–H and O–H groups in total. The molecule has 12 nitrogen and oxygen atoms in total. The van der Waals surface area contributed by atoms with Crippen LogP contribution in [0.1, 0.15) is 17.2 Å². The number of rotatable bonds is 7. The number of ether oxygens (including phenoxy) is 1. The molecule has 4 atom stereocenters. The Morgan fingerprint density at radius 3 is 2.39 bits per heavy atom. The van der Waals surface area contributed by atoms with Gasteiger partial charge in [-0.2, -0.15) is 0 Å². The number of carbonyl (C=O) groups excluding carboxylic acids is 2. The summed E-state index contributed by atoms with van der Waals surface area (Å²) in [7, 11) is -4.07. The number of epoxide rings is 1. The van der Waals surface area contributed by atoms with Crippen molar-refractivity contribution < 1.29 is 37.6 Å². The molecule has 13 heteroatoms. The summed E-state index contributed by atoms with van der Waals surface area (Å²) in [6.07, 6.45) is -1.70. The number of non-ortho nitro benzene ring substituents is 1. The van der Waals surface area contributed by atoms with E-state index in [9.17, 15) is 38.0 Å². The second-order valence-electron chi connectivity index (χ2n) is 8.62. The van der Waals surface area contributed by atoms with Crippen LogP contribution in [0.15, 0.2) is 65.9 Å². The Balaban J connectivity index is 1.38. The zero-order valence-electron chi connectivity index (χ0n) is 18.4. The van der Waals surface area contributed by atoms with E-state index in [-0.39, 0.29) is 17.7 Å². The summed E-state index contributed by atoms with van der Waals surface area (Å²) in [5.74, 6) is -3.57. The summed E-state index contributed by atoms with van der Waals surface area (Å²) in [5.41, 5.74) is 0.466. The molecule has 2 saturated heterocycles. The number of nitrogens with one attached hydrogen (secondary N) is 1. The molecule has 5 rings (SSSR count). The van der Waals surface area contributed by atoms with Gasteiger partial charge >= 0.3 is 5.97 Å². The quantitative estimate of drug-likeness (QED) is 0.233. The molecule has 3 aliphatic rings. The number of aliphatic carboxylic acids is 1. The molecule has 2 amide bonds. The average molecular weight is 513 g/mol. The molecule has 0 saturated carbocycles. The third-order valence-electron chi connectivity index (χ3n) is 6.31. The van der Waals surface area contributed by atoms with E-state index in [1.165, 1.54) is 24.3 Å². The molecule has 0 radical (unpaired) electrons. The summed E-state index contributed by atoms with van der Waals surface area (Å²) < 4.78 is 31.8. The number of carboxylic acid groups (broad SMARTS) is 1. The normalized spacial score (nSPS) is 26.0. The maximum Gasteiger partial charge on any atom is 0.352 e. The van der Waals surface area contributed by atoms with E-state index in [0.29, 0.717) is 16.0 Å². The Labute approximate surface area is 204 Å². The monoisotopic (exact) mass is 513 g/mol. The van der Waals surface area contributed by atoms with E-state index in [4.69, 9.17) is 4.74 Å². The Morgan fingerprint density at radius 1 is 1.11 bits per heavy atom. The number of amides is 2. The molecule has 0 bridgehead atoms. The Bertz CT molecular complexity index is 1420. The topological polar surface area (TPSA) is 177 Å². The molecule has 186 valence electrons. The Hall–Kier alpha value is -4.10. The van der Waals surface area contributed by atoms with E-state index in [0.717, 1.165) is 0 Å². The van der Waals surface area contributed by atoms with Gasteiger partial charge in [-0.1, -0.05) is 30.3 Å². The molecule has 2 fully saturated rings. The van der Waals surface area contributed by atoms with Crippen LogP contribution in [0, 0.1) is 10.1 Å². The van der Waals surface area contributed by atoms with Crippen molar-refractivity contribution in [3.63, 3.8) is 0 Å². The maximum atomic E-state index is 13.1. The maximum absolute atomic E-state index is 13.1. The first kappa shape index (κ1) is 23.6. The number of hydrogen-bond acceptors (Lipinski definition) is 8. The minimum absolute atomic E-state index is 0.0723. The highest BCUT2D eigenvalue weighted by molar-refractivity contribution is 7.92. The fraction of sp³-hybridized carbons (Fsp3) is 0.261. The van der Waals surface area contributed by atoms with Crippen LogP contribution in [0.25, 0.3) is 0 Å². The molecule has 2 aromatic carbocycles. The first-order valence-corrected chi connectivity index (χ1v) is 12.5. The fourth-order valence-corrected chi connectivity index (χ4v) is 6.64. The summed E-state index contributed by atoms with van der Waals surface area (Å²) >= 11 is 0. The first-order chi connectivity index (χ1) is 17.1. The predicted molar refractivity (Wildman–Crippen MR) is 122 cm³/mol. The largest absolute Gasteiger partial charge is 0.477 e. The first-order valence-electron chi connectivity index (χ1n) is 10.8. The molecule has 2 aromatic rings. The van der Waals surface area contributed by atoms with Crippen molar-refractivity contribution >= 4 is 33.3 Å². The van der Waals surface area contributed by atoms with Gasteiger partial charge in [-0.05, 0) is 23.3 Å².